The van der Waals surface area contributed by atoms with Crippen molar-refractivity contribution in [3.8, 4) is 0 Å². The van der Waals surface area contributed by atoms with Crippen LogP contribution in [0.15, 0.2) is 0 Å². The van der Waals surface area contributed by atoms with Crippen LogP contribution in [0.3, 0.4) is 0 Å². The SMILES string of the molecule is CC.CC1CCC1C(F)F. The minimum absolute atomic E-state index is 0.273. The Morgan fingerprint density at radius 2 is 1.70 bits per heavy atom. The van der Waals surface area contributed by atoms with Crippen molar-refractivity contribution in [2.75, 3.05) is 0 Å². The number of hydrogen-bond donors (Lipinski definition) is 0. The highest BCUT2D eigenvalue weighted by Crippen LogP contribution is 2.37. The van der Waals surface area contributed by atoms with Gasteiger partial charge in [-0.3, -0.25) is 0 Å². The molecule has 0 spiro atoms. The summed E-state index contributed by atoms with van der Waals surface area (Å²) >= 11 is 0. The summed E-state index contributed by atoms with van der Waals surface area (Å²) in [7, 11) is 0. The standard InChI is InChI=1S/C6H10F2.C2H6/c1-4-2-3-5(4)6(7)8;1-2/h4-6H,2-3H2,1H3;1-2H3. The molecule has 2 atom stereocenters. The van der Waals surface area contributed by atoms with Gasteiger partial charge in [-0.15, -0.1) is 0 Å². The normalized spacial score (nSPS) is 30.6. The molecule has 1 saturated carbocycles. The van der Waals surface area contributed by atoms with Crippen LogP contribution in [-0.2, 0) is 0 Å². The van der Waals surface area contributed by atoms with Crippen LogP contribution in [0.2, 0.25) is 0 Å². The molecule has 0 aliphatic heterocycles. The van der Waals surface area contributed by atoms with E-state index >= 15 is 0 Å². The molecule has 62 valence electrons. The van der Waals surface area contributed by atoms with E-state index in [1.165, 1.54) is 0 Å². The summed E-state index contributed by atoms with van der Waals surface area (Å²) in [6.07, 6.45) is -0.341. The third kappa shape index (κ3) is 2.24. The molecular formula is C8H16F2. The lowest BCUT2D eigenvalue weighted by Gasteiger charge is -2.32. The summed E-state index contributed by atoms with van der Waals surface area (Å²) in [6, 6.07) is 0. The number of alkyl halides is 2. The zero-order chi connectivity index (χ0) is 8.15. The van der Waals surface area contributed by atoms with Crippen LogP contribution in [0, 0.1) is 11.8 Å². The van der Waals surface area contributed by atoms with Crippen molar-refractivity contribution in [3.05, 3.63) is 0 Å². The van der Waals surface area contributed by atoms with Gasteiger partial charge in [-0.2, -0.15) is 0 Å². The van der Waals surface area contributed by atoms with Crippen LogP contribution in [0.25, 0.3) is 0 Å². The van der Waals surface area contributed by atoms with Crippen LogP contribution in [0.4, 0.5) is 8.78 Å². The molecule has 0 bridgehead atoms. The fourth-order valence-electron chi connectivity index (χ4n) is 1.07. The van der Waals surface area contributed by atoms with E-state index in [-0.39, 0.29) is 11.8 Å². The molecule has 0 aromatic carbocycles. The van der Waals surface area contributed by atoms with E-state index < -0.39 is 6.43 Å². The van der Waals surface area contributed by atoms with Gasteiger partial charge in [0.2, 0.25) is 6.43 Å². The first-order valence-electron chi connectivity index (χ1n) is 4.00. The molecule has 2 heteroatoms. The first-order valence-corrected chi connectivity index (χ1v) is 4.00. The zero-order valence-corrected chi connectivity index (χ0v) is 6.90. The summed E-state index contributed by atoms with van der Waals surface area (Å²) in [5.74, 6) is -0.00926. The third-order valence-corrected chi connectivity index (χ3v) is 2.01. The van der Waals surface area contributed by atoms with E-state index in [0.717, 1.165) is 12.8 Å². The molecule has 0 radical (unpaired) electrons. The van der Waals surface area contributed by atoms with Crippen molar-refractivity contribution in [3.63, 3.8) is 0 Å². The maximum absolute atomic E-state index is 11.7. The van der Waals surface area contributed by atoms with E-state index in [0.29, 0.717) is 0 Å². The van der Waals surface area contributed by atoms with Crippen molar-refractivity contribution >= 4 is 0 Å². The second-order valence-corrected chi connectivity index (χ2v) is 2.55. The maximum atomic E-state index is 11.7. The Morgan fingerprint density at radius 3 is 1.70 bits per heavy atom. The Hall–Kier alpha value is -0.140. The fourth-order valence-corrected chi connectivity index (χ4v) is 1.07. The van der Waals surface area contributed by atoms with Gasteiger partial charge < -0.3 is 0 Å². The summed E-state index contributed by atoms with van der Waals surface area (Å²) in [5, 5.41) is 0. The average Bonchev–Trinajstić information content (AvgIpc) is 1.88. The lowest BCUT2D eigenvalue weighted by molar-refractivity contribution is -0.00442. The lowest BCUT2D eigenvalue weighted by Crippen LogP contribution is -2.29. The molecule has 1 aliphatic carbocycles. The van der Waals surface area contributed by atoms with Gasteiger partial charge in [0.1, 0.15) is 0 Å². The Kier molecular flexibility index (Phi) is 4.58. The number of hydrogen-bond acceptors (Lipinski definition) is 0. The van der Waals surface area contributed by atoms with Gasteiger partial charge in [0.25, 0.3) is 0 Å². The van der Waals surface area contributed by atoms with Crippen LogP contribution < -0.4 is 0 Å². The Morgan fingerprint density at radius 1 is 1.20 bits per heavy atom. The van der Waals surface area contributed by atoms with E-state index in [4.69, 9.17) is 0 Å². The Balaban J connectivity index is 0.000000371. The summed E-state index contributed by atoms with van der Waals surface area (Å²) in [5.41, 5.74) is 0. The summed E-state index contributed by atoms with van der Waals surface area (Å²) in [6.45, 7) is 5.89. The van der Waals surface area contributed by atoms with Crippen LogP contribution in [-0.4, -0.2) is 6.43 Å². The van der Waals surface area contributed by atoms with Gasteiger partial charge in [-0.25, -0.2) is 8.78 Å². The number of rotatable bonds is 1. The van der Waals surface area contributed by atoms with Crippen LogP contribution in [0.5, 0.6) is 0 Å². The molecule has 1 fully saturated rings. The monoisotopic (exact) mass is 150 g/mol. The fraction of sp³-hybridized carbons (Fsp3) is 1.00. The summed E-state index contributed by atoms with van der Waals surface area (Å²) < 4.78 is 23.5. The topological polar surface area (TPSA) is 0 Å². The molecule has 2 unspecified atom stereocenters. The molecule has 0 nitrogen and oxygen atoms in total. The zero-order valence-electron chi connectivity index (χ0n) is 6.90. The minimum Gasteiger partial charge on any atom is -0.210 e. The molecule has 0 aromatic heterocycles. The van der Waals surface area contributed by atoms with Gasteiger partial charge in [-0.05, 0) is 18.8 Å². The van der Waals surface area contributed by atoms with Gasteiger partial charge in [0.15, 0.2) is 0 Å². The quantitative estimate of drug-likeness (QED) is 0.538. The maximum Gasteiger partial charge on any atom is 0.241 e. The van der Waals surface area contributed by atoms with E-state index in [2.05, 4.69) is 0 Å². The van der Waals surface area contributed by atoms with Crippen LogP contribution in [0.1, 0.15) is 33.6 Å². The Bertz CT molecular complexity index is 76.6. The summed E-state index contributed by atoms with van der Waals surface area (Å²) in [4.78, 5) is 0. The molecule has 10 heavy (non-hydrogen) atoms. The molecule has 0 aromatic rings. The molecule has 1 rings (SSSR count). The largest absolute Gasteiger partial charge is 0.241 e. The second-order valence-electron chi connectivity index (χ2n) is 2.55. The van der Waals surface area contributed by atoms with Crippen LogP contribution >= 0.6 is 0 Å². The predicted molar refractivity (Wildman–Crippen MR) is 39.2 cm³/mol. The second kappa shape index (κ2) is 4.64. The van der Waals surface area contributed by atoms with E-state index in [9.17, 15) is 8.78 Å². The highest BCUT2D eigenvalue weighted by Gasteiger charge is 2.33. The van der Waals surface area contributed by atoms with Crippen molar-refractivity contribution in [2.24, 2.45) is 11.8 Å². The first kappa shape index (κ1) is 9.86. The smallest absolute Gasteiger partial charge is 0.210 e. The highest BCUT2D eigenvalue weighted by atomic mass is 19.3. The Labute approximate surface area is 61.6 Å². The first-order chi connectivity index (χ1) is 4.72. The van der Waals surface area contributed by atoms with Gasteiger partial charge in [0, 0.05) is 5.92 Å². The molecule has 0 amide bonds. The molecular weight excluding hydrogens is 134 g/mol. The molecule has 0 heterocycles. The molecule has 0 saturated heterocycles. The number of halogens is 2. The average molecular weight is 150 g/mol. The van der Waals surface area contributed by atoms with E-state index in [1.54, 1.807) is 0 Å². The lowest BCUT2D eigenvalue weighted by atomic mass is 9.75. The van der Waals surface area contributed by atoms with Gasteiger partial charge in [-0.1, -0.05) is 20.8 Å². The highest BCUT2D eigenvalue weighted by molar-refractivity contribution is 4.78. The van der Waals surface area contributed by atoms with Gasteiger partial charge >= 0.3 is 0 Å². The van der Waals surface area contributed by atoms with Gasteiger partial charge in [0.05, 0.1) is 0 Å². The molecule has 0 N–H and O–H groups in total. The van der Waals surface area contributed by atoms with Crippen molar-refractivity contribution in [2.45, 2.75) is 40.0 Å². The van der Waals surface area contributed by atoms with E-state index in [1.807, 2.05) is 20.8 Å². The minimum atomic E-state index is -2.07. The van der Waals surface area contributed by atoms with Crippen molar-refractivity contribution in [1.29, 1.82) is 0 Å². The van der Waals surface area contributed by atoms with Crippen molar-refractivity contribution in [1.82, 2.24) is 0 Å². The predicted octanol–water partition coefficient (Wildman–Crippen LogP) is 3.32. The molecule has 1 aliphatic rings. The third-order valence-electron chi connectivity index (χ3n) is 2.01. The van der Waals surface area contributed by atoms with Crippen molar-refractivity contribution < 1.29 is 8.78 Å².